The zero-order valence-electron chi connectivity index (χ0n) is 17.0. The lowest BCUT2D eigenvalue weighted by molar-refractivity contribution is -0.122. The second kappa shape index (κ2) is 8.32. The number of hydrogen-bond acceptors (Lipinski definition) is 5. The van der Waals surface area contributed by atoms with Crippen molar-refractivity contribution in [1.82, 2.24) is 0 Å². The molecule has 0 radical (unpaired) electrons. The van der Waals surface area contributed by atoms with Crippen molar-refractivity contribution in [2.24, 2.45) is 0 Å². The summed E-state index contributed by atoms with van der Waals surface area (Å²) in [5, 5.41) is 2.84. The summed E-state index contributed by atoms with van der Waals surface area (Å²) in [4.78, 5) is 12.8. The minimum Gasteiger partial charge on any atom is -0.491 e. The van der Waals surface area contributed by atoms with Crippen LogP contribution >= 0.6 is 0 Å². The molecule has 29 heavy (non-hydrogen) atoms. The van der Waals surface area contributed by atoms with Gasteiger partial charge in [-0.2, -0.15) is 0 Å². The van der Waals surface area contributed by atoms with Gasteiger partial charge in [0.05, 0.1) is 18.0 Å². The number of anilines is 2. The number of rotatable bonds is 5. The number of amides is 1. The summed E-state index contributed by atoms with van der Waals surface area (Å²) >= 11 is 0. The van der Waals surface area contributed by atoms with Gasteiger partial charge in [0.1, 0.15) is 11.5 Å². The van der Waals surface area contributed by atoms with Gasteiger partial charge in [-0.15, -0.1) is 0 Å². The summed E-state index contributed by atoms with van der Waals surface area (Å²) < 4.78 is 37.4. The van der Waals surface area contributed by atoms with Crippen molar-refractivity contribution in [3.63, 3.8) is 0 Å². The van der Waals surface area contributed by atoms with Crippen molar-refractivity contribution < 1.29 is 22.7 Å². The molecule has 0 bridgehead atoms. The van der Waals surface area contributed by atoms with E-state index in [-0.39, 0.29) is 25.0 Å². The van der Waals surface area contributed by atoms with E-state index in [1.165, 1.54) is 4.31 Å². The van der Waals surface area contributed by atoms with Gasteiger partial charge in [-0.3, -0.25) is 9.10 Å². The predicted molar refractivity (Wildman–Crippen MR) is 113 cm³/mol. The van der Waals surface area contributed by atoms with E-state index < -0.39 is 16.1 Å². The maximum atomic E-state index is 12.8. The molecule has 1 N–H and O–H groups in total. The van der Waals surface area contributed by atoms with Gasteiger partial charge in [-0.05, 0) is 50.6 Å². The molecule has 8 heteroatoms. The van der Waals surface area contributed by atoms with Crippen LogP contribution in [0.4, 0.5) is 11.4 Å². The molecule has 1 aliphatic heterocycles. The molecular weight excluding hydrogens is 392 g/mol. The summed E-state index contributed by atoms with van der Waals surface area (Å²) in [6.07, 6.45) is 0.583. The number of carbonyl (C=O) groups is 1. The quantitative estimate of drug-likeness (QED) is 0.805. The summed E-state index contributed by atoms with van der Waals surface area (Å²) in [5.74, 6) is 0.688. The molecule has 1 heterocycles. The number of benzene rings is 2. The van der Waals surface area contributed by atoms with Gasteiger partial charge in [0.15, 0.2) is 6.10 Å². The fraction of sp³-hybridized carbons (Fsp3) is 0.381. The van der Waals surface area contributed by atoms with E-state index in [0.717, 1.165) is 11.8 Å². The standard InChI is InChI=1S/C21H26N2O5S/c1-14(2)27-17-7-5-6-16(13-17)22-21(24)20-10-11-23(29(4,25)26)18-12-15(3)8-9-19(18)28-20/h5-9,12-14,20H,10-11H2,1-4H3,(H,22,24)/t20-/m1/s1. The number of aryl methyl sites for hydroxylation is 1. The maximum absolute atomic E-state index is 12.8. The lowest BCUT2D eigenvalue weighted by Gasteiger charge is -2.21. The van der Waals surface area contributed by atoms with Crippen molar-refractivity contribution in [1.29, 1.82) is 0 Å². The predicted octanol–water partition coefficient (Wildman–Crippen LogP) is 3.34. The Bertz CT molecular complexity index is 1000. The van der Waals surface area contributed by atoms with E-state index in [0.29, 0.717) is 22.9 Å². The van der Waals surface area contributed by atoms with E-state index in [2.05, 4.69) is 5.32 Å². The summed E-state index contributed by atoms with van der Waals surface area (Å²) in [6.45, 7) is 5.89. The SMILES string of the molecule is Cc1ccc2c(c1)N(S(C)(=O)=O)CC[C@H](C(=O)Nc1cccc(OC(C)C)c1)O2. The van der Waals surface area contributed by atoms with Crippen LogP contribution in [0.3, 0.4) is 0 Å². The minimum atomic E-state index is -3.50. The number of carbonyl (C=O) groups excluding carboxylic acids is 1. The first kappa shape index (κ1) is 21.0. The van der Waals surface area contributed by atoms with Crippen LogP contribution in [0.1, 0.15) is 25.8 Å². The third kappa shape index (κ3) is 5.20. The summed E-state index contributed by atoms with van der Waals surface area (Å²) in [7, 11) is -3.50. The number of fused-ring (bicyclic) bond motifs is 1. The molecule has 7 nitrogen and oxygen atoms in total. The largest absolute Gasteiger partial charge is 0.491 e. The van der Waals surface area contributed by atoms with Crippen molar-refractivity contribution in [3.05, 3.63) is 48.0 Å². The lowest BCUT2D eigenvalue weighted by atomic mass is 10.2. The smallest absolute Gasteiger partial charge is 0.265 e. The fourth-order valence-electron chi connectivity index (χ4n) is 3.16. The molecule has 2 aromatic carbocycles. The van der Waals surface area contributed by atoms with E-state index in [1.54, 1.807) is 30.3 Å². The van der Waals surface area contributed by atoms with Crippen LogP contribution in [0.25, 0.3) is 0 Å². The van der Waals surface area contributed by atoms with Crippen LogP contribution in [-0.4, -0.2) is 39.3 Å². The molecule has 1 amide bonds. The second-order valence-corrected chi connectivity index (χ2v) is 9.29. The Morgan fingerprint density at radius 3 is 2.69 bits per heavy atom. The van der Waals surface area contributed by atoms with Crippen molar-refractivity contribution >= 4 is 27.3 Å². The zero-order chi connectivity index (χ0) is 21.2. The average Bonchev–Trinajstić information content (AvgIpc) is 2.80. The Balaban J connectivity index is 1.82. The van der Waals surface area contributed by atoms with Gasteiger partial charge in [0, 0.05) is 24.7 Å². The van der Waals surface area contributed by atoms with Gasteiger partial charge in [0.25, 0.3) is 5.91 Å². The third-order valence-corrected chi connectivity index (χ3v) is 5.59. The van der Waals surface area contributed by atoms with Crippen LogP contribution in [-0.2, 0) is 14.8 Å². The van der Waals surface area contributed by atoms with Crippen LogP contribution < -0.4 is 19.1 Å². The highest BCUT2D eigenvalue weighted by atomic mass is 32.2. The Morgan fingerprint density at radius 1 is 1.24 bits per heavy atom. The number of hydrogen-bond donors (Lipinski definition) is 1. The molecule has 0 spiro atoms. The first-order chi connectivity index (χ1) is 13.6. The van der Waals surface area contributed by atoms with E-state index >= 15 is 0 Å². The normalized spacial score (nSPS) is 16.6. The van der Waals surface area contributed by atoms with E-state index in [4.69, 9.17) is 9.47 Å². The molecule has 0 aromatic heterocycles. The molecule has 0 saturated heterocycles. The Labute approximate surface area is 171 Å². The summed E-state index contributed by atoms with van der Waals surface area (Å²) in [6, 6.07) is 12.4. The van der Waals surface area contributed by atoms with E-state index in [9.17, 15) is 13.2 Å². The minimum absolute atomic E-state index is 0.0214. The molecule has 1 aliphatic rings. The number of ether oxygens (including phenoxy) is 2. The first-order valence-electron chi connectivity index (χ1n) is 9.46. The Morgan fingerprint density at radius 2 is 2.00 bits per heavy atom. The number of nitrogens with one attached hydrogen (secondary N) is 1. The zero-order valence-corrected chi connectivity index (χ0v) is 17.8. The van der Waals surface area contributed by atoms with Crippen molar-refractivity contribution in [2.75, 3.05) is 22.4 Å². The second-order valence-electron chi connectivity index (χ2n) is 7.39. The molecule has 0 unspecified atom stereocenters. The molecule has 3 rings (SSSR count). The van der Waals surface area contributed by atoms with Crippen LogP contribution in [0.2, 0.25) is 0 Å². The van der Waals surface area contributed by atoms with Gasteiger partial charge >= 0.3 is 0 Å². The average molecular weight is 419 g/mol. The van der Waals surface area contributed by atoms with Gasteiger partial charge in [-0.25, -0.2) is 8.42 Å². The topological polar surface area (TPSA) is 84.9 Å². The lowest BCUT2D eigenvalue weighted by Crippen LogP contribution is -2.36. The van der Waals surface area contributed by atoms with Gasteiger partial charge < -0.3 is 14.8 Å². The highest BCUT2D eigenvalue weighted by Gasteiger charge is 2.31. The highest BCUT2D eigenvalue weighted by Crippen LogP contribution is 2.35. The van der Waals surface area contributed by atoms with Gasteiger partial charge in [0.2, 0.25) is 10.0 Å². The molecule has 1 atom stereocenters. The van der Waals surface area contributed by atoms with Crippen molar-refractivity contribution in [2.45, 2.75) is 39.4 Å². The maximum Gasteiger partial charge on any atom is 0.265 e. The first-order valence-corrected chi connectivity index (χ1v) is 11.3. The van der Waals surface area contributed by atoms with Crippen LogP contribution in [0.5, 0.6) is 11.5 Å². The number of nitrogens with zero attached hydrogens (tertiary/aromatic N) is 1. The summed E-state index contributed by atoms with van der Waals surface area (Å²) in [5.41, 5.74) is 1.95. The Kier molecular flexibility index (Phi) is 6.02. The molecule has 0 fully saturated rings. The monoisotopic (exact) mass is 418 g/mol. The molecule has 156 valence electrons. The van der Waals surface area contributed by atoms with Gasteiger partial charge in [-0.1, -0.05) is 12.1 Å². The molecule has 0 aliphatic carbocycles. The van der Waals surface area contributed by atoms with Crippen LogP contribution in [0, 0.1) is 6.92 Å². The molecular formula is C21H26N2O5S. The fourth-order valence-corrected chi connectivity index (χ4v) is 4.10. The molecule has 2 aromatic rings. The third-order valence-electron chi connectivity index (χ3n) is 4.41. The van der Waals surface area contributed by atoms with Crippen molar-refractivity contribution in [3.8, 4) is 11.5 Å². The Hall–Kier alpha value is -2.74. The highest BCUT2D eigenvalue weighted by molar-refractivity contribution is 7.92. The van der Waals surface area contributed by atoms with Crippen LogP contribution in [0.15, 0.2) is 42.5 Å². The molecule has 0 saturated carbocycles. The van der Waals surface area contributed by atoms with E-state index in [1.807, 2.05) is 32.9 Å². The number of sulfonamides is 1.